The van der Waals surface area contributed by atoms with Gasteiger partial charge in [-0.15, -0.1) is 0 Å². The molecule has 21 heavy (non-hydrogen) atoms. The molecule has 1 saturated heterocycles. The first-order valence-electron chi connectivity index (χ1n) is 7.64. The molecular formula is C16H25N3O2. The number of rotatable bonds is 4. The molecule has 0 radical (unpaired) electrons. The molecule has 1 aromatic heterocycles. The van der Waals surface area contributed by atoms with E-state index in [-0.39, 0.29) is 0 Å². The van der Waals surface area contributed by atoms with Crippen LogP contribution in [0.2, 0.25) is 0 Å². The third kappa shape index (κ3) is 2.96. The van der Waals surface area contributed by atoms with Crippen LogP contribution in [0.25, 0.3) is 0 Å². The van der Waals surface area contributed by atoms with E-state index in [1.54, 1.807) is 12.3 Å². The standard InChI is InChI=1S/C16H25N3O2/c1-4-16(5-2)7-10-19(11-8-16)14-13(17)12(6-9-18-14)15(20)21-3/h6,9H,4-5,7-8,10-11,17H2,1-3H3. The highest BCUT2D eigenvalue weighted by Gasteiger charge is 2.32. The molecule has 5 heteroatoms. The summed E-state index contributed by atoms with van der Waals surface area (Å²) in [5, 5.41) is 0. The van der Waals surface area contributed by atoms with Crippen LogP contribution in [-0.2, 0) is 4.74 Å². The highest BCUT2D eigenvalue weighted by molar-refractivity contribution is 5.97. The summed E-state index contributed by atoms with van der Waals surface area (Å²) in [4.78, 5) is 18.3. The topological polar surface area (TPSA) is 68.5 Å². The van der Waals surface area contributed by atoms with Gasteiger partial charge in [-0.1, -0.05) is 26.7 Å². The Morgan fingerprint density at radius 2 is 2.00 bits per heavy atom. The van der Waals surface area contributed by atoms with Gasteiger partial charge >= 0.3 is 5.97 Å². The molecule has 2 heterocycles. The van der Waals surface area contributed by atoms with E-state index in [2.05, 4.69) is 23.7 Å². The summed E-state index contributed by atoms with van der Waals surface area (Å²) in [6.07, 6.45) is 6.33. The number of nitrogens with two attached hydrogens (primary N) is 1. The average Bonchev–Trinajstić information content (AvgIpc) is 2.54. The Balaban J connectivity index is 2.19. The number of carbonyl (C=O) groups excluding carboxylic acids is 1. The summed E-state index contributed by atoms with van der Waals surface area (Å²) >= 11 is 0. The number of hydrogen-bond acceptors (Lipinski definition) is 5. The van der Waals surface area contributed by atoms with E-state index in [1.807, 2.05) is 0 Å². The van der Waals surface area contributed by atoms with Crippen molar-refractivity contribution in [1.82, 2.24) is 4.98 Å². The van der Waals surface area contributed by atoms with Crippen molar-refractivity contribution in [2.45, 2.75) is 39.5 Å². The number of nitrogens with zero attached hydrogens (tertiary/aromatic N) is 2. The van der Waals surface area contributed by atoms with E-state index in [9.17, 15) is 4.79 Å². The monoisotopic (exact) mass is 291 g/mol. The lowest BCUT2D eigenvalue weighted by Gasteiger charge is -2.41. The predicted molar refractivity (Wildman–Crippen MR) is 84.5 cm³/mol. The highest BCUT2D eigenvalue weighted by atomic mass is 16.5. The molecule has 0 aromatic carbocycles. The first-order valence-corrected chi connectivity index (χ1v) is 7.64. The Labute approximate surface area is 126 Å². The maximum Gasteiger partial charge on any atom is 0.340 e. The fraction of sp³-hybridized carbons (Fsp3) is 0.625. The maximum absolute atomic E-state index is 11.7. The lowest BCUT2D eigenvalue weighted by Crippen LogP contribution is -2.40. The minimum atomic E-state index is -0.412. The van der Waals surface area contributed by atoms with Crippen LogP contribution in [0.1, 0.15) is 49.9 Å². The van der Waals surface area contributed by atoms with Crippen LogP contribution in [0.15, 0.2) is 12.3 Å². The molecule has 2 rings (SSSR count). The molecule has 0 bridgehead atoms. The molecule has 2 N–H and O–H groups in total. The van der Waals surface area contributed by atoms with Crippen molar-refractivity contribution in [2.24, 2.45) is 5.41 Å². The van der Waals surface area contributed by atoms with Gasteiger partial charge in [0, 0.05) is 19.3 Å². The molecule has 1 fully saturated rings. The van der Waals surface area contributed by atoms with Crippen LogP contribution in [0.3, 0.4) is 0 Å². The fourth-order valence-electron chi connectivity index (χ4n) is 3.15. The second-order valence-electron chi connectivity index (χ2n) is 5.78. The first kappa shape index (κ1) is 15.6. The van der Waals surface area contributed by atoms with Crippen molar-refractivity contribution < 1.29 is 9.53 Å². The van der Waals surface area contributed by atoms with Crippen molar-refractivity contribution in [3.05, 3.63) is 17.8 Å². The molecular weight excluding hydrogens is 266 g/mol. The van der Waals surface area contributed by atoms with Crippen LogP contribution in [-0.4, -0.2) is 31.2 Å². The summed E-state index contributed by atoms with van der Waals surface area (Å²) in [6, 6.07) is 1.61. The number of carbonyl (C=O) groups is 1. The average molecular weight is 291 g/mol. The Morgan fingerprint density at radius 1 is 1.38 bits per heavy atom. The third-order valence-corrected chi connectivity index (χ3v) is 5.00. The summed E-state index contributed by atoms with van der Waals surface area (Å²) in [5.41, 5.74) is 7.38. The molecule has 0 saturated carbocycles. The number of ether oxygens (including phenoxy) is 1. The number of esters is 1. The van der Waals surface area contributed by atoms with Crippen molar-refractivity contribution in [3.63, 3.8) is 0 Å². The van der Waals surface area contributed by atoms with Gasteiger partial charge < -0.3 is 15.4 Å². The van der Waals surface area contributed by atoms with Crippen LogP contribution in [0.5, 0.6) is 0 Å². The number of nitrogen functional groups attached to an aromatic ring is 1. The van der Waals surface area contributed by atoms with Crippen LogP contribution >= 0.6 is 0 Å². The Bertz CT molecular complexity index is 502. The van der Waals surface area contributed by atoms with Crippen molar-refractivity contribution in [1.29, 1.82) is 0 Å². The van der Waals surface area contributed by atoms with Gasteiger partial charge in [-0.25, -0.2) is 9.78 Å². The Kier molecular flexibility index (Phi) is 4.70. The molecule has 0 unspecified atom stereocenters. The minimum absolute atomic E-state index is 0.394. The molecule has 1 aliphatic heterocycles. The fourth-order valence-corrected chi connectivity index (χ4v) is 3.15. The number of pyridine rings is 1. The van der Waals surface area contributed by atoms with E-state index >= 15 is 0 Å². The van der Waals surface area contributed by atoms with Crippen molar-refractivity contribution in [2.75, 3.05) is 30.8 Å². The molecule has 1 aliphatic rings. The molecule has 0 atom stereocenters. The molecule has 0 spiro atoms. The quantitative estimate of drug-likeness (QED) is 0.864. The predicted octanol–water partition coefficient (Wildman–Crippen LogP) is 2.86. The molecule has 0 aliphatic carbocycles. The van der Waals surface area contributed by atoms with Crippen LogP contribution in [0.4, 0.5) is 11.5 Å². The summed E-state index contributed by atoms with van der Waals surface area (Å²) in [7, 11) is 1.36. The van der Waals surface area contributed by atoms with E-state index < -0.39 is 5.97 Å². The third-order valence-electron chi connectivity index (χ3n) is 5.00. The van der Waals surface area contributed by atoms with Gasteiger partial charge in [0.15, 0.2) is 5.82 Å². The summed E-state index contributed by atoms with van der Waals surface area (Å²) < 4.78 is 4.76. The second kappa shape index (κ2) is 6.33. The van der Waals surface area contributed by atoms with Crippen LogP contribution in [0, 0.1) is 5.41 Å². The Hall–Kier alpha value is -1.78. The van der Waals surface area contributed by atoms with Gasteiger partial charge in [-0.05, 0) is 24.3 Å². The highest BCUT2D eigenvalue weighted by Crippen LogP contribution is 2.39. The molecule has 116 valence electrons. The first-order chi connectivity index (χ1) is 10.1. The smallest absolute Gasteiger partial charge is 0.340 e. The summed E-state index contributed by atoms with van der Waals surface area (Å²) in [6.45, 7) is 6.40. The number of methoxy groups -OCH3 is 1. The number of hydrogen-bond donors (Lipinski definition) is 1. The van der Waals surface area contributed by atoms with E-state index in [0.29, 0.717) is 22.5 Å². The number of anilines is 2. The van der Waals surface area contributed by atoms with Crippen molar-refractivity contribution in [3.8, 4) is 0 Å². The summed E-state index contributed by atoms with van der Waals surface area (Å²) in [5.74, 6) is 0.295. The van der Waals surface area contributed by atoms with E-state index in [1.165, 1.54) is 20.0 Å². The van der Waals surface area contributed by atoms with E-state index in [4.69, 9.17) is 10.5 Å². The minimum Gasteiger partial charge on any atom is -0.465 e. The maximum atomic E-state index is 11.7. The van der Waals surface area contributed by atoms with Gasteiger partial charge in [0.2, 0.25) is 0 Å². The normalized spacial score (nSPS) is 17.6. The number of aromatic nitrogens is 1. The molecule has 0 amide bonds. The van der Waals surface area contributed by atoms with Gasteiger partial charge in [0.25, 0.3) is 0 Å². The van der Waals surface area contributed by atoms with Crippen LogP contribution < -0.4 is 10.6 Å². The van der Waals surface area contributed by atoms with E-state index in [0.717, 1.165) is 25.9 Å². The Morgan fingerprint density at radius 3 is 2.52 bits per heavy atom. The second-order valence-corrected chi connectivity index (χ2v) is 5.78. The SMILES string of the molecule is CCC1(CC)CCN(c2nccc(C(=O)OC)c2N)CC1. The van der Waals surface area contributed by atoms with Gasteiger partial charge in [0.1, 0.15) is 0 Å². The largest absolute Gasteiger partial charge is 0.465 e. The number of piperidine rings is 1. The van der Waals surface area contributed by atoms with Gasteiger partial charge in [-0.3, -0.25) is 0 Å². The lowest BCUT2D eigenvalue weighted by atomic mass is 9.74. The zero-order chi connectivity index (χ0) is 15.5. The van der Waals surface area contributed by atoms with Gasteiger partial charge in [0.05, 0.1) is 18.4 Å². The molecule has 1 aromatic rings. The zero-order valence-electron chi connectivity index (χ0n) is 13.2. The zero-order valence-corrected chi connectivity index (χ0v) is 13.2. The van der Waals surface area contributed by atoms with Crippen molar-refractivity contribution >= 4 is 17.5 Å². The molecule has 5 nitrogen and oxygen atoms in total. The lowest BCUT2D eigenvalue weighted by molar-refractivity contribution is 0.0602. The van der Waals surface area contributed by atoms with Gasteiger partial charge in [-0.2, -0.15) is 0 Å².